The van der Waals surface area contributed by atoms with Crippen LogP contribution in [-0.2, 0) is 6.54 Å². The molecule has 0 bridgehead atoms. The van der Waals surface area contributed by atoms with Crippen molar-refractivity contribution in [1.82, 2.24) is 10.3 Å². The summed E-state index contributed by atoms with van der Waals surface area (Å²) in [5, 5.41) is 9.75. The number of hydrogen-bond acceptors (Lipinski definition) is 4. The van der Waals surface area contributed by atoms with Crippen molar-refractivity contribution < 1.29 is 9.90 Å². The molecule has 0 aliphatic heterocycles. The number of amides is 1. The summed E-state index contributed by atoms with van der Waals surface area (Å²) in [4.78, 5) is 13.6. The number of carbonyl (C=O) groups excluding carboxylic acids is 1. The molecule has 5 heteroatoms. The predicted molar refractivity (Wildman–Crippen MR) is 70.7 cm³/mol. The van der Waals surface area contributed by atoms with Crippen LogP contribution in [0.2, 0.25) is 0 Å². The number of likely N-dealkylation sites (N-methyl/N-ethyl adjacent to an activating group) is 1. The van der Waals surface area contributed by atoms with Crippen LogP contribution in [0.5, 0.6) is 0 Å². The van der Waals surface area contributed by atoms with E-state index in [0.29, 0.717) is 18.7 Å². The Bertz CT molecular complexity index is 413. The molecule has 0 aliphatic rings. The van der Waals surface area contributed by atoms with E-state index in [1.54, 1.807) is 26.0 Å². The molecule has 5 nitrogen and oxygen atoms in total. The van der Waals surface area contributed by atoms with Gasteiger partial charge in [0.2, 0.25) is 0 Å². The quantitative estimate of drug-likeness (QED) is 0.404. The van der Waals surface area contributed by atoms with Gasteiger partial charge in [-0.25, -0.2) is 5.84 Å². The smallest absolute Gasteiger partial charge is 0.265 e. The Balaban J connectivity index is 2.81. The number of aliphatic hydroxyl groups is 1. The highest BCUT2D eigenvalue weighted by Gasteiger charge is 2.17. The molecule has 18 heavy (non-hydrogen) atoms. The number of hydrogen-bond donors (Lipinski definition) is 3. The van der Waals surface area contributed by atoms with Crippen LogP contribution in [0.15, 0.2) is 24.3 Å². The van der Waals surface area contributed by atoms with Crippen molar-refractivity contribution in [2.45, 2.75) is 26.0 Å². The Hall–Kier alpha value is -1.43. The molecule has 0 radical (unpaired) electrons. The molecule has 4 N–H and O–H groups in total. The average Bonchev–Trinajstić information content (AvgIpc) is 2.26. The molecule has 1 aromatic carbocycles. The van der Waals surface area contributed by atoms with Gasteiger partial charge in [0.15, 0.2) is 0 Å². The fourth-order valence-electron chi connectivity index (χ4n) is 1.96. The first-order chi connectivity index (χ1) is 8.33. The summed E-state index contributed by atoms with van der Waals surface area (Å²) >= 11 is 0. The first kappa shape index (κ1) is 14.6. The molecule has 0 unspecified atom stereocenters. The number of hydrazine groups is 1. The summed E-state index contributed by atoms with van der Waals surface area (Å²) in [6.07, 6.45) is 0. The van der Waals surface area contributed by atoms with Crippen LogP contribution in [0.1, 0.15) is 29.8 Å². The fourth-order valence-corrected chi connectivity index (χ4v) is 1.96. The Morgan fingerprint density at radius 2 is 2.06 bits per heavy atom. The van der Waals surface area contributed by atoms with Crippen LogP contribution in [0.3, 0.4) is 0 Å². The number of rotatable bonds is 5. The third-order valence-corrected chi connectivity index (χ3v) is 2.49. The third kappa shape index (κ3) is 4.44. The molecule has 0 atom stereocenters. The van der Waals surface area contributed by atoms with Gasteiger partial charge in [0.05, 0.1) is 5.60 Å². The van der Waals surface area contributed by atoms with Crippen LogP contribution in [0.25, 0.3) is 0 Å². The second-order valence-corrected chi connectivity index (χ2v) is 5.12. The van der Waals surface area contributed by atoms with Crippen molar-refractivity contribution in [1.29, 1.82) is 0 Å². The van der Waals surface area contributed by atoms with E-state index in [2.05, 4.69) is 5.43 Å². The standard InChI is InChI=1S/C13H21N3O2/c1-13(2,18)9-16(3)8-10-6-4-5-7-11(10)12(17)15-14/h4-7,18H,8-9,14H2,1-3H3,(H,15,17). The summed E-state index contributed by atoms with van der Waals surface area (Å²) in [5.41, 5.74) is 2.81. The van der Waals surface area contributed by atoms with Gasteiger partial charge in [0, 0.05) is 18.7 Å². The third-order valence-electron chi connectivity index (χ3n) is 2.49. The fraction of sp³-hybridized carbons (Fsp3) is 0.462. The molecule has 0 aliphatic carbocycles. The van der Waals surface area contributed by atoms with Gasteiger partial charge in [-0.05, 0) is 32.5 Å². The van der Waals surface area contributed by atoms with Crippen molar-refractivity contribution in [2.24, 2.45) is 5.84 Å². The van der Waals surface area contributed by atoms with E-state index in [1.807, 2.05) is 24.1 Å². The molecule has 1 amide bonds. The summed E-state index contributed by atoms with van der Waals surface area (Å²) in [6, 6.07) is 7.28. The summed E-state index contributed by atoms with van der Waals surface area (Å²) in [6.45, 7) is 4.60. The highest BCUT2D eigenvalue weighted by atomic mass is 16.3. The van der Waals surface area contributed by atoms with Crippen molar-refractivity contribution in [3.05, 3.63) is 35.4 Å². The maximum atomic E-state index is 11.6. The van der Waals surface area contributed by atoms with E-state index in [1.165, 1.54) is 0 Å². The molecule has 100 valence electrons. The van der Waals surface area contributed by atoms with Crippen LogP contribution in [0.4, 0.5) is 0 Å². The first-order valence-electron chi connectivity index (χ1n) is 5.83. The van der Waals surface area contributed by atoms with Gasteiger partial charge in [-0.3, -0.25) is 15.1 Å². The topological polar surface area (TPSA) is 78.6 Å². The number of nitrogen functional groups attached to an aromatic ring is 1. The monoisotopic (exact) mass is 251 g/mol. The molecular formula is C13H21N3O2. The Labute approximate surface area is 108 Å². The second kappa shape index (κ2) is 5.95. The lowest BCUT2D eigenvalue weighted by molar-refractivity contribution is 0.0424. The minimum atomic E-state index is -0.764. The largest absolute Gasteiger partial charge is 0.389 e. The number of carbonyl (C=O) groups is 1. The van der Waals surface area contributed by atoms with E-state index in [9.17, 15) is 9.90 Å². The number of nitrogens with one attached hydrogen (secondary N) is 1. The maximum absolute atomic E-state index is 11.6. The van der Waals surface area contributed by atoms with Gasteiger partial charge in [-0.2, -0.15) is 0 Å². The van der Waals surface area contributed by atoms with Gasteiger partial charge in [-0.15, -0.1) is 0 Å². The molecule has 1 rings (SSSR count). The molecule has 0 saturated carbocycles. The van der Waals surface area contributed by atoms with Crippen LogP contribution < -0.4 is 11.3 Å². The minimum Gasteiger partial charge on any atom is -0.389 e. The normalized spacial score (nSPS) is 11.7. The lowest BCUT2D eigenvalue weighted by Gasteiger charge is -2.26. The van der Waals surface area contributed by atoms with Gasteiger partial charge in [0.25, 0.3) is 5.91 Å². The summed E-state index contributed by atoms with van der Waals surface area (Å²) in [5.74, 6) is 4.85. The van der Waals surface area contributed by atoms with Crippen molar-refractivity contribution in [3.8, 4) is 0 Å². The van der Waals surface area contributed by atoms with E-state index in [4.69, 9.17) is 5.84 Å². The number of nitrogens with zero attached hydrogens (tertiary/aromatic N) is 1. The summed E-state index contributed by atoms with van der Waals surface area (Å²) < 4.78 is 0. The first-order valence-corrected chi connectivity index (χ1v) is 5.83. The second-order valence-electron chi connectivity index (χ2n) is 5.12. The molecular weight excluding hydrogens is 230 g/mol. The minimum absolute atomic E-state index is 0.303. The zero-order valence-electron chi connectivity index (χ0n) is 11.1. The van der Waals surface area contributed by atoms with E-state index >= 15 is 0 Å². The van der Waals surface area contributed by atoms with Crippen molar-refractivity contribution >= 4 is 5.91 Å². The van der Waals surface area contributed by atoms with Gasteiger partial charge in [-0.1, -0.05) is 18.2 Å². The maximum Gasteiger partial charge on any atom is 0.265 e. The van der Waals surface area contributed by atoms with Crippen LogP contribution in [-0.4, -0.2) is 35.1 Å². The molecule has 0 fully saturated rings. The van der Waals surface area contributed by atoms with Crippen LogP contribution in [0, 0.1) is 0 Å². The lowest BCUT2D eigenvalue weighted by atomic mass is 10.1. The average molecular weight is 251 g/mol. The van der Waals surface area contributed by atoms with Crippen LogP contribution >= 0.6 is 0 Å². The van der Waals surface area contributed by atoms with E-state index < -0.39 is 5.60 Å². The van der Waals surface area contributed by atoms with Gasteiger partial charge < -0.3 is 5.11 Å². The zero-order valence-corrected chi connectivity index (χ0v) is 11.1. The Morgan fingerprint density at radius 3 is 2.61 bits per heavy atom. The number of nitrogens with two attached hydrogens (primary N) is 1. The highest BCUT2D eigenvalue weighted by molar-refractivity contribution is 5.95. The van der Waals surface area contributed by atoms with E-state index in [0.717, 1.165) is 5.56 Å². The lowest BCUT2D eigenvalue weighted by Crippen LogP contribution is -2.36. The molecule has 1 aromatic rings. The number of benzene rings is 1. The van der Waals surface area contributed by atoms with Crippen molar-refractivity contribution in [3.63, 3.8) is 0 Å². The Morgan fingerprint density at radius 1 is 1.44 bits per heavy atom. The van der Waals surface area contributed by atoms with E-state index in [-0.39, 0.29) is 5.91 Å². The zero-order chi connectivity index (χ0) is 13.8. The van der Waals surface area contributed by atoms with Crippen molar-refractivity contribution in [2.75, 3.05) is 13.6 Å². The Kier molecular flexibility index (Phi) is 4.84. The molecule has 0 spiro atoms. The predicted octanol–water partition coefficient (Wildman–Crippen LogP) is 0.493. The molecule has 0 aromatic heterocycles. The van der Waals surface area contributed by atoms with Gasteiger partial charge in [0.1, 0.15) is 0 Å². The highest BCUT2D eigenvalue weighted by Crippen LogP contribution is 2.13. The molecule has 0 heterocycles. The SMILES string of the molecule is CN(Cc1ccccc1C(=O)NN)CC(C)(C)O. The summed E-state index contributed by atoms with van der Waals surface area (Å²) in [7, 11) is 1.90. The van der Waals surface area contributed by atoms with Gasteiger partial charge >= 0.3 is 0 Å². The molecule has 0 saturated heterocycles.